The van der Waals surface area contributed by atoms with Crippen LogP contribution in [0.5, 0.6) is 0 Å². The van der Waals surface area contributed by atoms with Gasteiger partial charge in [0.05, 0.1) is 0 Å². The topological polar surface area (TPSA) is 41.6 Å². The maximum absolute atomic E-state index is 13.6. The van der Waals surface area contributed by atoms with Crippen molar-refractivity contribution in [2.75, 3.05) is 0 Å². The van der Waals surface area contributed by atoms with Crippen LogP contribution in [0.4, 0.5) is 8.78 Å². The number of H-pyrrole nitrogens is 1. The summed E-state index contributed by atoms with van der Waals surface area (Å²) >= 11 is 1.47. The van der Waals surface area contributed by atoms with Crippen LogP contribution in [0.1, 0.15) is 0 Å². The summed E-state index contributed by atoms with van der Waals surface area (Å²) in [5.41, 5.74) is 1.86. The van der Waals surface area contributed by atoms with Crippen molar-refractivity contribution < 1.29 is 8.78 Å². The van der Waals surface area contributed by atoms with Crippen LogP contribution >= 0.6 is 11.8 Å². The molecule has 4 aromatic rings. The highest BCUT2D eigenvalue weighted by atomic mass is 32.2. The van der Waals surface area contributed by atoms with Crippen LogP contribution in [0.15, 0.2) is 71.0 Å². The molecule has 3 aromatic heterocycles. The van der Waals surface area contributed by atoms with Crippen LogP contribution < -0.4 is 0 Å². The molecule has 3 heterocycles. The molecule has 0 amide bonds. The average Bonchev–Trinajstić information content (AvgIpc) is 2.98. The molecule has 0 aliphatic carbocycles. The number of benzene rings is 1. The molecule has 0 aliphatic heterocycles. The van der Waals surface area contributed by atoms with Gasteiger partial charge in [-0.1, -0.05) is 17.8 Å². The van der Waals surface area contributed by atoms with E-state index in [0.29, 0.717) is 11.2 Å². The van der Waals surface area contributed by atoms with Crippen LogP contribution in [-0.2, 0) is 0 Å². The lowest BCUT2D eigenvalue weighted by molar-refractivity contribution is 0.584. The van der Waals surface area contributed by atoms with E-state index in [9.17, 15) is 8.78 Å². The SMILES string of the molecule is Fc1cc(F)cc(-c2ccnc3[nH]cc(Sc4ccccn4)c23)c1. The Kier molecular flexibility index (Phi) is 3.74. The molecule has 6 heteroatoms. The van der Waals surface area contributed by atoms with Gasteiger partial charge in [-0.3, -0.25) is 0 Å². The van der Waals surface area contributed by atoms with Gasteiger partial charge < -0.3 is 4.98 Å². The normalized spacial score (nSPS) is 11.1. The Bertz CT molecular complexity index is 995. The smallest absolute Gasteiger partial charge is 0.139 e. The van der Waals surface area contributed by atoms with E-state index >= 15 is 0 Å². The summed E-state index contributed by atoms with van der Waals surface area (Å²) in [6.07, 6.45) is 5.17. The third-order valence-corrected chi connectivity index (χ3v) is 4.56. The minimum absolute atomic E-state index is 0.474. The van der Waals surface area contributed by atoms with E-state index in [1.165, 1.54) is 23.9 Å². The summed E-state index contributed by atoms with van der Waals surface area (Å²) in [6.45, 7) is 0. The lowest BCUT2D eigenvalue weighted by atomic mass is 10.0. The summed E-state index contributed by atoms with van der Waals surface area (Å²) in [5, 5.41) is 1.65. The molecule has 0 unspecified atom stereocenters. The van der Waals surface area contributed by atoms with Crippen molar-refractivity contribution in [3.05, 3.63) is 72.7 Å². The summed E-state index contributed by atoms with van der Waals surface area (Å²) in [5.74, 6) is -1.21. The first-order chi connectivity index (χ1) is 11.7. The monoisotopic (exact) mass is 339 g/mol. The molecule has 3 nitrogen and oxygen atoms in total. The second-order valence-electron chi connectivity index (χ2n) is 5.16. The third kappa shape index (κ3) is 2.76. The van der Waals surface area contributed by atoms with Crippen molar-refractivity contribution in [1.82, 2.24) is 15.0 Å². The first kappa shape index (κ1) is 14.8. The van der Waals surface area contributed by atoms with Gasteiger partial charge in [0.25, 0.3) is 0 Å². The Morgan fingerprint density at radius 2 is 1.75 bits per heavy atom. The molecule has 0 bridgehead atoms. The first-order valence-corrected chi connectivity index (χ1v) is 8.04. The third-order valence-electron chi connectivity index (χ3n) is 3.56. The lowest BCUT2D eigenvalue weighted by Crippen LogP contribution is -1.87. The Morgan fingerprint density at radius 1 is 0.917 bits per heavy atom. The number of nitrogens with one attached hydrogen (secondary N) is 1. The van der Waals surface area contributed by atoms with Gasteiger partial charge >= 0.3 is 0 Å². The van der Waals surface area contributed by atoms with Gasteiger partial charge in [0, 0.05) is 34.9 Å². The number of nitrogens with zero attached hydrogens (tertiary/aromatic N) is 2. The van der Waals surface area contributed by atoms with Gasteiger partial charge in [0.1, 0.15) is 22.3 Å². The van der Waals surface area contributed by atoms with Crippen molar-refractivity contribution in [2.24, 2.45) is 0 Å². The fourth-order valence-corrected chi connectivity index (χ4v) is 3.49. The lowest BCUT2D eigenvalue weighted by Gasteiger charge is -2.06. The number of pyridine rings is 2. The number of hydrogen-bond acceptors (Lipinski definition) is 3. The Labute approximate surface area is 140 Å². The molecule has 0 spiro atoms. The summed E-state index contributed by atoms with van der Waals surface area (Å²) < 4.78 is 27.2. The van der Waals surface area contributed by atoms with E-state index in [4.69, 9.17) is 0 Å². The molecular weight excluding hydrogens is 328 g/mol. The van der Waals surface area contributed by atoms with E-state index in [0.717, 1.165) is 26.9 Å². The predicted octanol–water partition coefficient (Wildman–Crippen LogP) is 5.05. The maximum Gasteiger partial charge on any atom is 0.139 e. The highest BCUT2D eigenvalue weighted by Gasteiger charge is 2.14. The van der Waals surface area contributed by atoms with Crippen molar-refractivity contribution in [1.29, 1.82) is 0 Å². The maximum atomic E-state index is 13.6. The second-order valence-corrected chi connectivity index (χ2v) is 6.23. The van der Waals surface area contributed by atoms with Crippen LogP contribution in [0.2, 0.25) is 0 Å². The minimum Gasteiger partial charge on any atom is -0.345 e. The molecule has 4 rings (SSSR count). The summed E-state index contributed by atoms with van der Waals surface area (Å²) in [6, 6.07) is 10.9. The number of fused-ring (bicyclic) bond motifs is 1. The van der Waals surface area contributed by atoms with Crippen LogP contribution in [0.3, 0.4) is 0 Å². The number of rotatable bonds is 3. The molecule has 1 N–H and O–H groups in total. The highest BCUT2D eigenvalue weighted by molar-refractivity contribution is 7.99. The zero-order chi connectivity index (χ0) is 16.5. The number of hydrogen-bond donors (Lipinski definition) is 1. The van der Waals surface area contributed by atoms with Gasteiger partial charge in [-0.2, -0.15) is 0 Å². The van der Waals surface area contributed by atoms with Gasteiger partial charge in [0.15, 0.2) is 0 Å². The van der Waals surface area contributed by atoms with E-state index in [1.54, 1.807) is 18.5 Å². The zero-order valence-electron chi connectivity index (χ0n) is 12.3. The van der Waals surface area contributed by atoms with Gasteiger partial charge in [-0.15, -0.1) is 0 Å². The largest absolute Gasteiger partial charge is 0.345 e. The van der Waals surface area contributed by atoms with Crippen molar-refractivity contribution in [2.45, 2.75) is 9.92 Å². The minimum atomic E-state index is -0.607. The van der Waals surface area contributed by atoms with E-state index in [1.807, 2.05) is 24.4 Å². The second kappa shape index (κ2) is 6.05. The number of halogens is 2. The Hall–Kier alpha value is -2.73. The standard InChI is InChI=1S/C18H11F2N3S/c19-12-7-11(8-13(20)9-12)14-4-6-22-18-17(14)15(10-23-18)24-16-3-1-2-5-21-16/h1-10H,(H,22,23). The number of aromatic amines is 1. The molecule has 1 aromatic carbocycles. The molecule has 24 heavy (non-hydrogen) atoms. The molecule has 0 fully saturated rings. The van der Waals surface area contributed by atoms with Crippen molar-refractivity contribution in [3.8, 4) is 11.1 Å². The predicted molar refractivity (Wildman–Crippen MR) is 89.8 cm³/mol. The Balaban J connectivity index is 1.88. The van der Waals surface area contributed by atoms with Crippen LogP contribution in [0.25, 0.3) is 22.2 Å². The van der Waals surface area contributed by atoms with Crippen molar-refractivity contribution >= 4 is 22.8 Å². The molecular formula is C18H11F2N3S. The highest BCUT2D eigenvalue weighted by Crippen LogP contribution is 2.37. The number of aromatic nitrogens is 3. The van der Waals surface area contributed by atoms with Crippen LogP contribution in [-0.4, -0.2) is 15.0 Å². The van der Waals surface area contributed by atoms with E-state index in [2.05, 4.69) is 15.0 Å². The molecule has 0 saturated heterocycles. The molecule has 0 aliphatic rings. The van der Waals surface area contributed by atoms with Gasteiger partial charge in [-0.25, -0.2) is 18.7 Å². The quantitative estimate of drug-likeness (QED) is 0.567. The summed E-state index contributed by atoms with van der Waals surface area (Å²) in [7, 11) is 0. The van der Waals surface area contributed by atoms with Gasteiger partial charge in [-0.05, 0) is 41.5 Å². The van der Waals surface area contributed by atoms with E-state index in [-0.39, 0.29) is 0 Å². The van der Waals surface area contributed by atoms with Crippen LogP contribution in [0, 0.1) is 11.6 Å². The fraction of sp³-hybridized carbons (Fsp3) is 0. The first-order valence-electron chi connectivity index (χ1n) is 7.22. The molecule has 0 atom stereocenters. The molecule has 0 saturated carbocycles. The summed E-state index contributed by atoms with van der Waals surface area (Å²) in [4.78, 5) is 12.6. The van der Waals surface area contributed by atoms with Gasteiger partial charge in [0.2, 0.25) is 0 Å². The van der Waals surface area contributed by atoms with E-state index < -0.39 is 11.6 Å². The zero-order valence-corrected chi connectivity index (χ0v) is 13.1. The average molecular weight is 339 g/mol. The molecule has 118 valence electrons. The van der Waals surface area contributed by atoms with Crippen molar-refractivity contribution in [3.63, 3.8) is 0 Å². The molecule has 0 radical (unpaired) electrons. The Morgan fingerprint density at radius 3 is 2.50 bits per heavy atom. The fourth-order valence-electron chi connectivity index (χ4n) is 2.58.